The molecular weight excluding hydrogens is 251 g/mol. The van der Waals surface area contributed by atoms with Crippen LogP contribution in [-0.2, 0) is 9.84 Å². The van der Waals surface area contributed by atoms with Gasteiger partial charge in [-0.15, -0.1) is 0 Å². The number of halogens is 1. The summed E-state index contributed by atoms with van der Waals surface area (Å²) in [6.45, 7) is 3.51. The van der Waals surface area contributed by atoms with Crippen molar-refractivity contribution in [2.45, 2.75) is 23.6 Å². The van der Waals surface area contributed by atoms with Crippen LogP contribution in [0.3, 0.4) is 0 Å². The van der Waals surface area contributed by atoms with E-state index in [9.17, 15) is 12.8 Å². The molecule has 0 amide bonds. The van der Waals surface area contributed by atoms with Crippen molar-refractivity contribution in [1.29, 1.82) is 0 Å². The van der Waals surface area contributed by atoms with Crippen LogP contribution in [0.25, 0.3) is 0 Å². The summed E-state index contributed by atoms with van der Waals surface area (Å²) >= 11 is 0. The van der Waals surface area contributed by atoms with E-state index < -0.39 is 15.7 Å². The van der Waals surface area contributed by atoms with Crippen LogP contribution >= 0.6 is 0 Å². The fourth-order valence-corrected chi connectivity index (χ4v) is 3.67. The molecule has 0 saturated heterocycles. The maximum atomic E-state index is 12.8. The Labute approximate surface area is 106 Å². The Morgan fingerprint density at radius 1 is 0.889 bits per heavy atom. The Morgan fingerprint density at radius 2 is 1.39 bits per heavy atom. The molecule has 18 heavy (non-hydrogen) atoms. The summed E-state index contributed by atoms with van der Waals surface area (Å²) in [5.41, 5.74) is 1.39. The molecule has 2 aromatic carbocycles. The molecule has 0 radical (unpaired) electrons. The second kappa shape index (κ2) is 4.53. The van der Waals surface area contributed by atoms with Gasteiger partial charge in [0.2, 0.25) is 9.84 Å². The summed E-state index contributed by atoms with van der Waals surface area (Å²) in [7, 11) is -3.58. The molecule has 0 saturated carbocycles. The SMILES string of the molecule is Cc1cccc(C)c1S(=O)(=O)c1ccc(F)cc1. The van der Waals surface area contributed by atoms with Gasteiger partial charge in [-0.25, -0.2) is 12.8 Å². The molecule has 0 aromatic heterocycles. The lowest BCUT2D eigenvalue weighted by Gasteiger charge is -2.10. The van der Waals surface area contributed by atoms with Gasteiger partial charge in [0, 0.05) is 0 Å². The summed E-state index contributed by atoms with van der Waals surface area (Å²) in [5, 5.41) is 0. The molecule has 0 fully saturated rings. The summed E-state index contributed by atoms with van der Waals surface area (Å²) in [6.07, 6.45) is 0. The Kier molecular flexibility index (Phi) is 3.22. The molecule has 2 nitrogen and oxygen atoms in total. The van der Waals surface area contributed by atoms with Crippen molar-refractivity contribution in [3.05, 3.63) is 59.4 Å². The van der Waals surface area contributed by atoms with Crippen LogP contribution in [0.15, 0.2) is 52.3 Å². The zero-order chi connectivity index (χ0) is 13.3. The van der Waals surface area contributed by atoms with Crippen molar-refractivity contribution >= 4 is 9.84 Å². The predicted molar refractivity (Wildman–Crippen MR) is 67.8 cm³/mol. The van der Waals surface area contributed by atoms with Crippen molar-refractivity contribution in [3.8, 4) is 0 Å². The van der Waals surface area contributed by atoms with E-state index in [0.29, 0.717) is 16.0 Å². The van der Waals surface area contributed by atoms with Gasteiger partial charge in [-0.2, -0.15) is 0 Å². The monoisotopic (exact) mass is 264 g/mol. The largest absolute Gasteiger partial charge is 0.218 e. The molecular formula is C14H13FO2S. The van der Waals surface area contributed by atoms with Gasteiger partial charge in [-0.1, -0.05) is 18.2 Å². The molecule has 0 aliphatic heterocycles. The third-order valence-corrected chi connectivity index (χ3v) is 4.88. The first-order valence-electron chi connectivity index (χ1n) is 5.50. The second-order valence-electron chi connectivity index (χ2n) is 4.18. The molecule has 0 aliphatic rings. The third-order valence-electron chi connectivity index (χ3n) is 2.80. The zero-order valence-electron chi connectivity index (χ0n) is 10.1. The van der Waals surface area contributed by atoms with Crippen LogP contribution in [0.1, 0.15) is 11.1 Å². The van der Waals surface area contributed by atoms with Crippen LogP contribution in [0.4, 0.5) is 4.39 Å². The molecule has 4 heteroatoms. The highest BCUT2D eigenvalue weighted by Gasteiger charge is 2.21. The quantitative estimate of drug-likeness (QED) is 0.780. The van der Waals surface area contributed by atoms with Crippen LogP contribution in [0.2, 0.25) is 0 Å². The lowest BCUT2D eigenvalue weighted by molar-refractivity contribution is 0.593. The molecule has 0 N–H and O–H groups in total. The normalized spacial score (nSPS) is 11.5. The number of benzene rings is 2. The summed E-state index contributed by atoms with van der Waals surface area (Å²) in [6, 6.07) is 10.2. The number of hydrogen-bond acceptors (Lipinski definition) is 2. The van der Waals surface area contributed by atoms with E-state index in [1.165, 1.54) is 12.1 Å². The standard InChI is InChI=1S/C14H13FO2S/c1-10-4-3-5-11(2)14(10)18(16,17)13-8-6-12(15)7-9-13/h3-9H,1-2H3. The van der Waals surface area contributed by atoms with Crippen molar-refractivity contribution in [1.82, 2.24) is 0 Å². The first-order valence-corrected chi connectivity index (χ1v) is 6.98. The average Bonchev–Trinajstić information content (AvgIpc) is 2.29. The maximum absolute atomic E-state index is 12.8. The van der Waals surface area contributed by atoms with E-state index in [1.807, 2.05) is 6.07 Å². The van der Waals surface area contributed by atoms with Gasteiger partial charge in [-0.3, -0.25) is 0 Å². The van der Waals surface area contributed by atoms with Gasteiger partial charge >= 0.3 is 0 Å². The van der Waals surface area contributed by atoms with Gasteiger partial charge in [0.15, 0.2) is 0 Å². The number of aryl methyl sites for hydroxylation is 2. The Morgan fingerprint density at radius 3 is 1.89 bits per heavy atom. The van der Waals surface area contributed by atoms with Crippen molar-refractivity contribution < 1.29 is 12.8 Å². The maximum Gasteiger partial charge on any atom is 0.207 e. The Hall–Kier alpha value is -1.68. The lowest BCUT2D eigenvalue weighted by atomic mass is 10.2. The van der Waals surface area contributed by atoms with Gasteiger partial charge in [0.05, 0.1) is 9.79 Å². The first-order chi connectivity index (χ1) is 8.43. The van der Waals surface area contributed by atoms with Crippen molar-refractivity contribution in [2.75, 3.05) is 0 Å². The van der Waals surface area contributed by atoms with Crippen molar-refractivity contribution in [2.24, 2.45) is 0 Å². The summed E-state index contributed by atoms with van der Waals surface area (Å²) in [4.78, 5) is 0.415. The third kappa shape index (κ3) is 2.16. The van der Waals surface area contributed by atoms with Crippen LogP contribution in [-0.4, -0.2) is 8.42 Å². The van der Waals surface area contributed by atoms with Crippen LogP contribution in [0.5, 0.6) is 0 Å². The Balaban J connectivity index is 2.66. The average molecular weight is 264 g/mol. The number of rotatable bonds is 2. The van der Waals surface area contributed by atoms with Crippen LogP contribution in [0, 0.1) is 19.7 Å². The fourth-order valence-electron chi connectivity index (χ4n) is 1.95. The molecule has 0 bridgehead atoms. The van der Waals surface area contributed by atoms with E-state index >= 15 is 0 Å². The van der Waals surface area contributed by atoms with Crippen molar-refractivity contribution in [3.63, 3.8) is 0 Å². The minimum Gasteiger partial charge on any atom is -0.218 e. The molecule has 2 aromatic rings. The highest BCUT2D eigenvalue weighted by atomic mass is 32.2. The lowest BCUT2D eigenvalue weighted by Crippen LogP contribution is -2.06. The highest BCUT2D eigenvalue weighted by Crippen LogP contribution is 2.26. The van der Waals surface area contributed by atoms with E-state index in [2.05, 4.69) is 0 Å². The topological polar surface area (TPSA) is 34.1 Å². The molecule has 0 spiro atoms. The summed E-state index contributed by atoms with van der Waals surface area (Å²) < 4.78 is 37.8. The van der Waals surface area contributed by atoms with Gasteiger partial charge in [-0.05, 0) is 49.2 Å². The molecule has 2 rings (SSSR count). The van der Waals surface area contributed by atoms with Gasteiger partial charge < -0.3 is 0 Å². The van der Waals surface area contributed by atoms with E-state index in [1.54, 1.807) is 26.0 Å². The van der Waals surface area contributed by atoms with E-state index in [0.717, 1.165) is 12.1 Å². The molecule has 0 aliphatic carbocycles. The predicted octanol–water partition coefficient (Wildman–Crippen LogP) is 3.28. The molecule has 0 unspecified atom stereocenters. The van der Waals surface area contributed by atoms with Gasteiger partial charge in [0.25, 0.3) is 0 Å². The second-order valence-corrected chi connectivity index (χ2v) is 6.06. The highest BCUT2D eigenvalue weighted by molar-refractivity contribution is 7.91. The van der Waals surface area contributed by atoms with Crippen LogP contribution < -0.4 is 0 Å². The molecule has 0 atom stereocenters. The van der Waals surface area contributed by atoms with E-state index in [-0.39, 0.29) is 4.90 Å². The number of sulfone groups is 1. The van der Waals surface area contributed by atoms with E-state index in [4.69, 9.17) is 0 Å². The molecule has 0 heterocycles. The smallest absolute Gasteiger partial charge is 0.207 e. The minimum atomic E-state index is -3.58. The van der Waals surface area contributed by atoms with Gasteiger partial charge in [0.1, 0.15) is 5.82 Å². The Bertz CT molecular complexity index is 653. The minimum absolute atomic E-state index is 0.112. The zero-order valence-corrected chi connectivity index (χ0v) is 11.0. The number of hydrogen-bond donors (Lipinski definition) is 0. The first kappa shape index (κ1) is 12.8. The fraction of sp³-hybridized carbons (Fsp3) is 0.143. The summed E-state index contributed by atoms with van der Waals surface area (Å²) in [5.74, 6) is -0.449. The molecule has 94 valence electrons.